The minimum absolute atomic E-state index is 0.0210. The summed E-state index contributed by atoms with van der Waals surface area (Å²) in [5.41, 5.74) is 3.15. The number of aromatic nitrogens is 1. The van der Waals surface area contributed by atoms with E-state index in [1.54, 1.807) is 0 Å². The Morgan fingerprint density at radius 3 is 2.55 bits per heavy atom. The van der Waals surface area contributed by atoms with Crippen LogP contribution in [-0.2, 0) is 11.2 Å². The monoisotopic (exact) mass is 309 g/mol. The van der Waals surface area contributed by atoms with Crippen molar-refractivity contribution in [2.75, 3.05) is 5.75 Å². The van der Waals surface area contributed by atoms with Crippen molar-refractivity contribution in [3.63, 3.8) is 0 Å². The van der Waals surface area contributed by atoms with Gasteiger partial charge in [0.25, 0.3) is 0 Å². The van der Waals surface area contributed by atoms with Crippen LogP contribution in [0.2, 0.25) is 0 Å². The van der Waals surface area contributed by atoms with Crippen molar-refractivity contribution in [3.05, 3.63) is 71.8 Å². The molecule has 1 aromatic heterocycles. The first-order valence-corrected chi connectivity index (χ1v) is 7.98. The molecule has 22 heavy (non-hydrogen) atoms. The van der Waals surface area contributed by atoms with Gasteiger partial charge in [-0.25, -0.2) is 4.98 Å². The Morgan fingerprint density at radius 2 is 1.77 bits per heavy atom. The molecule has 0 bridgehead atoms. The second-order valence-corrected chi connectivity index (χ2v) is 5.95. The predicted octanol–water partition coefficient (Wildman–Crippen LogP) is 4.00. The molecule has 1 N–H and O–H groups in total. The molecule has 0 saturated carbocycles. The summed E-state index contributed by atoms with van der Waals surface area (Å²) < 4.78 is 0. The van der Waals surface area contributed by atoms with Crippen LogP contribution in [0.4, 0.5) is 0 Å². The number of benzene rings is 2. The van der Waals surface area contributed by atoms with Gasteiger partial charge in [-0.05, 0) is 23.3 Å². The van der Waals surface area contributed by atoms with Crippen molar-refractivity contribution in [2.24, 2.45) is 0 Å². The van der Waals surface area contributed by atoms with Crippen LogP contribution in [0.5, 0.6) is 0 Å². The fourth-order valence-electron chi connectivity index (χ4n) is 2.34. The Kier molecular flexibility index (Phi) is 4.39. The molecule has 4 heteroatoms. The number of fused-ring (bicyclic) bond motifs is 1. The Morgan fingerprint density at radius 1 is 1.05 bits per heavy atom. The van der Waals surface area contributed by atoms with Crippen LogP contribution in [0.15, 0.2) is 65.7 Å². The number of carboxylic acid groups (broad SMARTS) is 1. The number of pyridine rings is 1. The van der Waals surface area contributed by atoms with Crippen molar-refractivity contribution in [1.29, 1.82) is 0 Å². The molecule has 0 atom stereocenters. The number of thioether (sulfide) groups is 1. The third-order valence-electron chi connectivity index (χ3n) is 3.33. The average molecular weight is 309 g/mol. The summed E-state index contributed by atoms with van der Waals surface area (Å²) in [6, 6.07) is 20.2. The highest BCUT2D eigenvalue weighted by Gasteiger charge is 2.10. The second kappa shape index (κ2) is 6.62. The molecule has 3 nitrogen and oxygen atoms in total. The first-order valence-electron chi connectivity index (χ1n) is 6.99. The van der Waals surface area contributed by atoms with E-state index in [9.17, 15) is 4.79 Å². The average Bonchev–Trinajstić information content (AvgIpc) is 2.53. The van der Waals surface area contributed by atoms with Gasteiger partial charge in [0, 0.05) is 11.8 Å². The Labute approximate surface area is 133 Å². The summed E-state index contributed by atoms with van der Waals surface area (Å²) in [5.74, 6) is -0.807. The van der Waals surface area contributed by atoms with E-state index in [0.717, 1.165) is 27.9 Å². The number of nitrogens with zero attached hydrogens (tertiary/aromatic N) is 1. The maximum Gasteiger partial charge on any atom is 0.313 e. The SMILES string of the molecule is O=C(O)CSc1nc2ccccc2cc1Cc1ccccc1. The number of aliphatic carboxylic acids is 1. The van der Waals surface area contributed by atoms with Gasteiger partial charge >= 0.3 is 5.97 Å². The number of carbonyl (C=O) groups is 1. The van der Waals surface area contributed by atoms with Crippen LogP contribution in [0.25, 0.3) is 10.9 Å². The molecule has 0 aliphatic rings. The standard InChI is InChI=1S/C18H15NO2S/c20-17(21)12-22-18-15(10-13-6-2-1-3-7-13)11-14-8-4-5-9-16(14)19-18/h1-9,11H,10,12H2,(H,20,21). The van der Waals surface area contributed by atoms with Gasteiger partial charge in [-0.2, -0.15) is 0 Å². The van der Waals surface area contributed by atoms with Gasteiger partial charge in [0.2, 0.25) is 0 Å². The third-order valence-corrected chi connectivity index (χ3v) is 4.35. The molecule has 0 amide bonds. The summed E-state index contributed by atoms with van der Waals surface area (Å²) in [7, 11) is 0. The largest absolute Gasteiger partial charge is 0.481 e. The molecule has 0 spiro atoms. The van der Waals surface area contributed by atoms with E-state index in [1.165, 1.54) is 17.3 Å². The van der Waals surface area contributed by atoms with Crippen molar-refractivity contribution in [3.8, 4) is 0 Å². The van der Waals surface area contributed by atoms with E-state index in [0.29, 0.717) is 0 Å². The summed E-state index contributed by atoms with van der Waals surface area (Å²) >= 11 is 1.28. The summed E-state index contributed by atoms with van der Waals surface area (Å²) in [4.78, 5) is 15.5. The van der Waals surface area contributed by atoms with Crippen molar-refractivity contribution in [1.82, 2.24) is 4.98 Å². The molecule has 2 aromatic carbocycles. The van der Waals surface area contributed by atoms with Gasteiger partial charge in [0.1, 0.15) is 5.03 Å². The topological polar surface area (TPSA) is 50.2 Å². The maximum atomic E-state index is 10.9. The van der Waals surface area contributed by atoms with Crippen LogP contribution >= 0.6 is 11.8 Å². The number of rotatable bonds is 5. The smallest absolute Gasteiger partial charge is 0.313 e. The quantitative estimate of drug-likeness (QED) is 0.724. The Bertz CT molecular complexity index is 803. The van der Waals surface area contributed by atoms with E-state index >= 15 is 0 Å². The fraction of sp³-hybridized carbons (Fsp3) is 0.111. The van der Waals surface area contributed by atoms with Crippen LogP contribution in [0.3, 0.4) is 0 Å². The molecule has 0 saturated heterocycles. The maximum absolute atomic E-state index is 10.9. The summed E-state index contributed by atoms with van der Waals surface area (Å²) in [5, 5.41) is 10.8. The lowest BCUT2D eigenvalue weighted by Crippen LogP contribution is -2.01. The lowest BCUT2D eigenvalue weighted by Gasteiger charge is -2.10. The van der Waals surface area contributed by atoms with Gasteiger partial charge < -0.3 is 5.11 Å². The van der Waals surface area contributed by atoms with E-state index in [1.807, 2.05) is 42.5 Å². The molecule has 0 aliphatic heterocycles. The molecule has 0 radical (unpaired) electrons. The van der Waals surface area contributed by atoms with E-state index in [-0.39, 0.29) is 5.75 Å². The zero-order valence-corrected chi connectivity index (χ0v) is 12.7. The lowest BCUT2D eigenvalue weighted by atomic mass is 10.0. The van der Waals surface area contributed by atoms with Crippen LogP contribution in [0.1, 0.15) is 11.1 Å². The van der Waals surface area contributed by atoms with Gasteiger partial charge in [-0.15, -0.1) is 0 Å². The van der Waals surface area contributed by atoms with Crippen LogP contribution in [-0.4, -0.2) is 21.8 Å². The van der Waals surface area contributed by atoms with Gasteiger partial charge in [0.15, 0.2) is 0 Å². The van der Waals surface area contributed by atoms with Gasteiger partial charge in [-0.1, -0.05) is 60.3 Å². The van der Waals surface area contributed by atoms with Gasteiger partial charge in [0.05, 0.1) is 11.3 Å². The Balaban J connectivity index is 2.00. The number of para-hydroxylation sites is 1. The predicted molar refractivity (Wildman–Crippen MR) is 89.4 cm³/mol. The number of carboxylic acids is 1. The second-order valence-electron chi connectivity index (χ2n) is 4.99. The first-order chi connectivity index (χ1) is 10.7. The summed E-state index contributed by atoms with van der Waals surface area (Å²) in [6.07, 6.45) is 0.751. The molecular formula is C18H15NO2S. The van der Waals surface area contributed by atoms with Crippen LogP contribution in [0, 0.1) is 0 Å². The fourth-order valence-corrected chi connectivity index (χ4v) is 3.08. The van der Waals surface area contributed by atoms with Crippen molar-refractivity contribution >= 4 is 28.6 Å². The van der Waals surface area contributed by atoms with E-state index < -0.39 is 5.97 Å². The molecular weight excluding hydrogens is 294 g/mol. The zero-order valence-electron chi connectivity index (χ0n) is 11.9. The molecule has 0 aliphatic carbocycles. The minimum Gasteiger partial charge on any atom is -0.481 e. The highest BCUT2D eigenvalue weighted by atomic mass is 32.2. The first kappa shape index (κ1) is 14.6. The highest BCUT2D eigenvalue weighted by molar-refractivity contribution is 7.99. The summed E-state index contributed by atoms with van der Waals surface area (Å²) in [6.45, 7) is 0. The number of hydrogen-bond donors (Lipinski definition) is 1. The molecule has 1 heterocycles. The molecule has 110 valence electrons. The molecule has 0 unspecified atom stereocenters. The zero-order chi connectivity index (χ0) is 15.4. The highest BCUT2D eigenvalue weighted by Crippen LogP contribution is 2.27. The van der Waals surface area contributed by atoms with Gasteiger partial charge in [-0.3, -0.25) is 4.79 Å². The molecule has 0 fully saturated rings. The third kappa shape index (κ3) is 3.46. The van der Waals surface area contributed by atoms with Crippen molar-refractivity contribution in [2.45, 2.75) is 11.4 Å². The van der Waals surface area contributed by atoms with Crippen LogP contribution < -0.4 is 0 Å². The van der Waals surface area contributed by atoms with Crippen molar-refractivity contribution < 1.29 is 9.90 Å². The number of hydrogen-bond acceptors (Lipinski definition) is 3. The lowest BCUT2D eigenvalue weighted by molar-refractivity contribution is -0.133. The Hall–Kier alpha value is -2.33. The molecule has 3 aromatic rings. The van der Waals surface area contributed by atoms with E-state index in [2.05, 4.69) is 23.2 Å². The normalized spacial score (nSPS) is 10.7. The minimum atomic E-state index is -0.828. The van der Waals surface area contributed by atoms with E-state index in [4.69, 9.17) is 5.11 Å². The molecule has 3 rings (SSSR count).